The van der Waals surface area contributed by atoms with Gasteiger partial charge in [0.25, 0.3) is 0 Å². The van der Waals surface area contributed by atoms with E-state index < -0.39 is 8.69 Å². The fourth-order valence-corrected chi connectivity index (χ4v) is 0. The summed E-state index contributed by atoms with van der Waals surface area (Å²) in [7, 11) is -1.08. The Balaban J connectivity index is -0.00000000667. The van der Waals surface area contributed by atoms with Crippen molar-refractivity contribution in [2.24, 2.45) is 0 Å². The van der Waals surface area contributed by atoms with E-state index in [4.69, 9.17) is 9.46 Å². The first-order valence-electron chi connectivity index (χ1n) is 0.365. The minimum absolute atomic E-state index is 0. The van der Waals surface area contributed by atoms with E-state index in [0.717, 1.165) is 0 Å². The summed E-state index contributed by atoms with van der Waals surface area (Å²) in [5.74, 6) is 0. The molecule has 0 heterocycles. The van der Waals surface area contributed by atoms with Gasteiger partial charge >= 0.3 is 29.6 Å². The molecule has 0 aromatic rings. The Labute approximate surface area is 58.7 Å². The molecule has 0 unspecified atom stereocenters. The molecule has 0 aromatic heterocycles. The molecular formula is H4NaO4P. The van der Waals surface area contributed by atoms with Crippen LogP contribution in [0.3, 0.4) is 0 Å². The van der Waals surface area contributed by atoms with E-state index in [-0.39, 0.29) is 40.5 Å². The maximum Gasteiger partial charge on any atom is 1.00 e. The second-order valence-electron chi connectivity index (χ2n) is 0.0745. The Morgan fingerprint density at radius 2 is 1.33 bits per heavy atom. The van der Waals surface area contributed by atoms with Crippen molar-refractivity contribution in [3.63, 3.8) is 0 Å². The van der Waals surface area contributed by atoms with Crippen molar-refractivity contribution in [1.29, 1.82) is 0 Å². The van der Waals surface area contributed by atoms with E-state index in [1.54, 1.807) is 0 Å². The summed E-state index contributed by atoms with van der Waals surface area (Å²) in [5, 5.41) is 0. The average molecular weight is 122 g/mol. The van der Waals surface area contributed by atoms with Crippen LogP contribution in [-0.2, 0) is 4.57 Å². The quantitative estimate of drug-likeness (QED) is 0.237. The van der Waals surface area contributed by atoms with E-state index in [2.05, 4.69) is 0 Å². The molecule has 6 heteroatoms. The van der Waals surface area contributed by atoms with Crippen molar-refractivity contribution >= 4 is 8.69 Å². The topological polar surface area (TPSA) is 103 Å². The zero-order valence-electron chi connectivity index (χ0n) is 3.26. The Morgan fingerprint density at radius 3 is 1.33 bits per heavy atom. The van der Waals surface area contributed by atoms with Crippen LogP contribution < -0.4 is 34.5 Å². The molecule has 6 heavy (non-hydrogen) atoms. The Kier molecular flexibility index (Phi) is 177. The first-order chi connectivity index (χ1) is 1.41. The molecule has 0 amide bonds. The molecule has 0 aliphatic carbocycles. The maximum absolute atomic E-state index is 8.35. The Morgan fingerprint density at radius 1 is 1.33 bits per heavy atom. The van der Waals surface area contributed by atoms with Gasteiger partial charge in [0.1, 0.15) is 0 Å². The SMILES string of the molecule is O.O.O=P[O-].[Na+]. The van der Waals surface area contributed by atoms with Gasteiger partial charge in [0.05, 0.1) is 8.69 Å². The third kappa shape index (κ3) is 82.1. The molecule has 34 valence electrons. The van der Waals surface area contributed by atoms with E-state index in [0.29, 0.717) is 0 Å². The van der Waals surface area contributed by atoms with Gasteiger partial charge in [-0.15, -0.1) is 0 Å². The molecule has 0 aliphatic heterocycles. The molecular weight excluding hydrogens is 118 g/mol. The molecule has 0 bridgehead atoms. The molecule has 0 fully saturated rings. The van der Waals surface area contributed by atoms with Crippen LogP contribution in [0.1, 0.15) is 0 Å². The van der Waals surface area contributed by atoms with Crippen LogP contribution >= 0.6 is 8.69 Å². The monoisotopic (exact) mass is 122 g/mol. The smallest absolute Gasteiger partial charge is 0.772 e. The zero-order chi connectivity index (χ0) is 2.71. The second kappa shape index (κ2) is 37.8. The van der Waals surface area contributed by atoms with Crippen LogP contribution in [0.25, 0.3) is 0 Å². The minimum Gasteiger partial charge on any atom is -0.772 e. The average Bonchev–Trinajstić information content (AvgIpc) is 0.918. The molecule has 0 aliphatic rings. The number of hydrogen-bond acceptors (Lipinski definition) is 2. The molecule has 0 atom stereocenters. The van der Waals surface area contributed by atoms with Crippen molar-refractivity contribution in [3.8, 4) is 0 Å². The van der Waals surface area contributed by atoms with Gasteiger partial charge in [-0.25, -0.2) is 0 Å². The van der Waals surface area contributed by atoms with Crippen LogP contribution in [0.15, 0.2) is 0 Å². The fraction of sp³-hybridized carbons (Fsp3) is 0. The Hall–Kier alpha value is 0.980. The predicted octanol–water partition coefficient (Wildman–Crippen LogP) is -5.09. The summed E-state index contributed by atoms with van der Waals surface area (Å²) in [6.07, 6.45) is 0. The summed E-state index contributed by atoms with van der Waals surface area (Å²) < 4.78 is 8.35. The van der Waals surface area contributed by atoms with Crippen LogP contribution in [0.4, 0.5) is 0 Å². The first kappa shape index (κ1) is 28.1. The van der Waals surface area contributed by atoms with Crippen LogP contribution in [-0.4, -0.2) is 11.0 Å². The van der Waals surface area contributed by atoms with Crippen LogP contribution in [0, 0.1) is 0 Å². The Bertz CT molecular complexity index is 15.0. The van der Waals surface area contributed by atoms with Gasteiger partial charge in [0.15, 0.2) is 0 Å². The summed E-state index contributed by atoms with van der Waals surface area (Å²) >= 11 is 0. The first-order valence-corrected chi connectivity index (χ1v) is 1.10. The summed E-state index contributed by atoms with van der Waals surface area (Å²) in [6, 6.07) is 0. The molecule has 0 saturated carbocycles. The summed E-state index contributed by atoms with van der Waals surface area (Å²) in [6.45, 7) is 0. The molecule has 4 nitrogen and oxygen atoms in total. The molecule has 0 saturated heterocycles. The third-order valence-corrected chi connectivity index (χ3v) is 0. The van der Waals surface area contributed by atoms with E-state index in [1.165, 1.54) is 0 Å². The third-order valence-electron chi connectivity index (χ3n) is 0. The van der Waals surface area contributed by atoms with Gasteiger partial charge in [-0.1, -0.05) is 0 Å². The largest absolute Gasteiger partial charge is 1.00 e. The molecule has 0 rings (SSSR count). The normalized spacial score (nSPS) is 3.50. The van der Waals surface area contributed by atoms with Gasteiger partial charge in [0.2, 0.25) is 0 Å². The van der Waals surface area contributed by atoms with Gasteiger partial charge in [0, 0.05) is 0 Å². The van der Waals surface area contributed by atoms with Crippen molar-refractivity contribution in [3.05, 3.63) is 0 Å². The molecule has 0 radical (unpaired) electrons. The molecule has 4 N–H and O–H groups in total. The fourth-order valence-electron chi connectivity index (χ4n) is 0. The van der Waals surface area contributed by atoms with Crippen LogP contribution in [0.2, 0.25) is 0 Å². The van der Waals surface area contributed by atoms with Gasteiger partial charge in [-0.05, 0) is 0 Å². The summed E-state index contributed by atoms with van der Waals surface area (Å²) in [4.78, 5) is 8.35. The van der Waals surface area contributed by atoms with Gasteiger partial charge in [-0.3, -0.25) is 4.57 Å². The molecule has 0 aromatic carbocycles. The maximum atomic E-state index is 8.35. The van der Waals surface area contributed by atoms with Gasteiger partial charge < -0.3 is 15.8 Å². The predicted molar refractivity (Wildman–Crippen MR) is 14.8 cm³/mol. The standard InChI is InChI=1S/Na.HO2P.2H2O/c;1-3-2;;/h;(H,1,2);2*1H2/q+1;;;/p-1. The van der Waals surface area contributed by atoms with Crippen molar-refractivity contribution < 1.29 is 50.0 Å². The van der Waals surface area contributed by atoms with E-state index in [1.807, 2.05) is 0 Å². The van der Waals surface area contributed by atoms with E-state index in [9.17, 15) is 0 Å². The molecule has 0 spiro atoms. The summed E-state index contributed by atoms with van der Waals surface area (Å²) in [5.41, 5.74) is 0. The zero-order valence-corrected chi connectivity index (χ0v) is 6.16. The van der Waals surface area contributed by atoms with Crippen molar-refractivity contribution in [2.45, 2.75) is 0 Å². The minimum atomic E-state index is -1.08. The van der Waals surface area contributed by atoms with E-state index >= 15 is 0 Å². The van der Waals surface area contributed by atoms with Crippen molar-refractivity contribution in [1.82, 2.24) is 0 Å². The van der Waals surface area contributed by atoms with Gasteiger partial charge in [-0.2, -0.15) is 0 Å². The second-order valence-corrected chi connectivity index (χ2v) is 0.224. The number of rotatable bonds is 0. The van der Waals surface area contributed by atoms with Crippen molar-refractivity contribution in [2.75, 3.05) is 0 Å². The number of hydrogen-bond donors (Lipinski definition) is 0. The van der Waals surface area contributed by atoms with Crippen LogP contribution in [0.5, 0.6) is 0 Å².